The van der Waals surface area contributed by atoms with Crippen molar-refractivity contribution in [1.29, 1.82) is 0 Å². The van der Waals surface area contributed by atoms with Crippen molar-refractivity contribution in [2.24, 2.45) is 5.73 Å². The summed E-state index contributed by atoms with van der Waals surface area (Å²) in [6.45, 7) is 7.34. The highest BCUT2D eigenvalue weighted by atomic mass is 15.1. The first-order valence-corrected chi connectivity index (χ1v) is 7.75. The van der Waals surface area contributed by atoms with Gasteiger partial charge in [0.15, 0.2) is 0 Å². The molecule has 0 aliphatic carbocycles. The Balaban J connectivity index is 1.71. The minimum Gasteiger partial charge on any atom is -0.323 e. The number of nitrogens with zero attached hydrogens (tertiary/aromatic N) is 1. The first-order valence-electron chi connectivity index (χ1n) is 7.75. The summed E-state index contributed by atoms with van der Waals surface area (Å²) >= 11 is 0. The second kappa shape index (κ2) is 6.00. The lowest BCUT2D eigenvalue weighted by Crippen LogP contribution is -2.36. The highest BCUT2D eigenvalue weighted by molar-refractivity contribution is 5.33. The summed E-state index contributed by atoms with van der Waals surface area (Å²) in [5.74, 6) is 0. The van der Waals surface area contributed by atoms with E-state index >= 15 is 0 Å². The highest BCUT2D eigenvalue weighted by Gasteiger charge is 2.19. The van der Waals surface area contributed by atoms with Crippen LogP contribution in [0.4, 0.5) is 0 Å². The Labute approximate surface area is 127 Å². The molecule has 2 nitrogen and oxygen atoms in total. The smallest absolute Gasteiger partial charge is 0.0427 e. The lowest BCUT2D eigenvalue weighted by molar-refractivity contribution is 0.239. The van der Waals surface area contributed by atoms with Gasteiger partial charge in [-0.2, -0.15) is 0 Å². The van der Waals surface area contributed by atoms with Crippen LogP contribution in [0, 0.1) is 13.8 Å². The third kappa shape index (κ3) is 3.17. The van der Waals surface area contributed by atoms with Gasteiger partial charge < -0.3 is 5.73 Å². The van der Waals surface area contributed by atoms with Crippen LogP contribution in [0.5, 0.6) is 0 Å². The molecule has 0 spiro atoms. The van der Waals surface area contributed by atoms with Crippen LogP contribution in [0.3, 0.4) is 0 Å². The molecule has 0 bridgehead atoms. The maximum absolute atomic E-state index is 6.47. The second-order valence-corrected chi connectivity index (χ2v) is 6.22. The molecule has 3 rings (SSSR count). The van der Waals surface area contributed by atoms with Crippen LogP contribution in [0.25, 0.3) is 0 Å². The minimum absolute atomic E-state index is 0.0927. The van der Waals surface area contributed by atoms with Gasteiger partial charge in [0.2, 0.25) is 0 Å². The maximum atomic E-state index is 6.47. The molecule has 0 radical (unpaired) electrons. The van der Waals surface area contributed by atoms with Gasteiger partial charge in [0.25, 0.3) is 0 Å². The topological polar surface area (TPSA) is 29.3 Å². The van der Waals surface area contributed by atoms with Crippen molar-refractivity contribution >= 4 is 0 Å². The summed E-state index contributed by atoms with van der Waals surface area (Å²) in [5, 5.41) is 0. The number of nitrogens with two attached hydrogens (primary N) is 1. The Kier molecular flexibility index (Phi) is 4.09. The average Bonchev–Trinajstić information content (AvgIpc) is 2.49. The highest BCUT2D eigenvalue weighted by Crippen LogP contribution is 2.22. The quantitative estimate of drug-likeness (QED) is 0.934. The molecule has 1 aliphatic rings. The van der Waals surface area contributed by atoms with E-state index in [0.29, 0.717) is 0 Å². The van der Waals surface area contributed by atoms with E-state index in [4.69, 9.17) is 5.73 Å². The molecular formula is C19H24N2. The zero-order valence-electron chi connectivity index (χ0n) is 13.0. The van der Waals surface area contributed by atoms with Gasteiger partial charge in [-0.25, -0.2) is 0 Å². The molecule has 21 heavy (non-hydrogen) atoms. The SMILES string of the molecule is Cc1ccc(C)c(C(N)CN2CCc3ccccc3C2)c1. The van der Waals surface area contributed by atoms with Gasteiger partial charge in [-0.1, -0.05) is 48.0 Å². The predicted molar refractivity (Wildman–Crippen MR) is 88.3 cm³/mol. The Morgan fingerprint density at radius 1 is 1.10 bits per heavy atom. The summed E-state index contributed by atoms with van der Waals surface area (Å²) in [4.78, 5) is 2.48. The largest absolute Gasteiger partial charge is 0.323 e. The second-order valence-electron chi connectivity index (χ2n) is 6.22. The lowest BCUT2D eigenvalue weighted by atomic mass is 9.96. The summed E-state index contributed by atoms with van der Waals surface area (Å²) in [5.41, 5.74) is 13.3. The minimum atomic E-state index is 0.0927. The maximum Gasteiger partial charge on any atom is 0.0427 e. The number of benzene rings is 2. The molecule has 1 unspecified atom stereocenters. The molecule has 2 heteroatoms. The normalized spacial score (nSPS) is 16.5. The van der Waals surface area contributed by atoms with Crippen LogP contribution >= 0.6 is 0 Å². The Bertz CT molecular complexity index is 633. The molecule has 1 heterocycles. The van der Waals surface area contributed by atoms with Crippen molar-refractivity contribution in [3.05, 3.63) is 70.3 Å². The molecule has 0 saturated heterocycles. The molecule has 1 aliphatic heterocycles. The fourth-order valence-corrected chi connectivity index (χ4v) is 3.25. The molecule has 0 aromatic heterocycles. The number of hydrogen-bond donors (Lipinski definition) is 1. The number of hydrogen-bond acceptors (Lipinski definition) is 2. The van der Waals surface area contributed by atoms with Crippen LogP contribution in [-0.4, -0.2) is 18.0 Å². The van der Waals surface area contributed by atoms with Crippen LogP contribution in [0.15, 0.2) is 42.5 Å². The average molecular weight is 280 g/mol. The summed E-state index contributed by atoms with van der Waals surface area (Å²) < 4.78 is 0. The van der Waals surface area contributed by atoms with Crippen molar-refractivity contribution in [3.8, 4) is 0 Å². The lowest BCUT2D eigenvalue weighted by Gasteiger charge is -2.31. The van der Waals surface area contributed by atoms with E-state index in [1.807, 2.05) is 0 Å². The van der Waals surface area contributed by atoms with Crippen LogP contribution in [0.1, 0.15) is 33.9 Å². The summed E-state index contributed by atoms with van der Waals surface area (Å²) in [6.07, 6.45) is 1.13. The van der Waals surface area contributed by atoms with E-state index in [-0.39, 0.29) is 6.04 Å². The van der Waals surface area contributed by atoms with Crippen molar-refractivity contribution < 1.29 is 0 Å². The van der Waals surface area contributed by atoms with Gasteiger partial charge >= 0.3 is 0 Å². The standard InChI is InChI=1S/C19H24N2/c1-14-7-8-15(2)18(11-14)19(20)13-21-10-9-16-5-3-4-6-17(16)12-21/h3-8,11,19H,9-10,12-13,20H2,1-2H3. The first-order chi connectivity index (χ1) is 10.1. The van der Waals surface area contributed by atoms with Crippen LogP contribution < -0.4 is 5.73 Å². The van der Waals surface area contributed by atoms with E-state index < -0.39 is 0 Å². The fraction of sp³-hybridized carbons (Fsp3) is 0.368. The van der Waals surface area contributed by atoms with E-state index in [1.54, 1.807) is 0 Å². The van der Waals surface area contributed by atoms with E-state index in [9.17, 15) is 0 Å². The molecule has 0 saturated carbocycles. The van der Waals surface area contributed by atoms with E-state index in [1.165, 1.54) is 27.8 Å². The monoisotopic (exact) mass is 280 g/mol. The molecular weight excluding hydrogens is 256 g/mol. The molecule has 2 aromatic rings. The zero-order chi connectivity index (χ0) is 14.8. The van der Waals surface area contributed by atoms with E-state index in [2.05, 4.69) is 61.2 Å². The molecule has 110 valence electrons. The number of rotatable bonds is 3. The summed E-state index contributed by atoms with van der Waals surface area (Å²) in [7, 11) is 0. The zero-order valence-corrected chi connectivity index (χ0v) is 13.0. The van der Waals surface area contributed by atoms with Gasteiger partial charge in [0.1, 0.15) is 0 Å². The molecule has 2 N–H and O–H groups in total. The number of aryl methyl sites for hydroxylation is 2. The summed E-state index contributed by atoms with van der Waals surface area (Å²) in [6, 6.07) is 15.4. The third-order valence-electron chi connectivity index (χ3n) is 4.50. The predicted octanol–water partition coefficient (Wildman–Crippen LogP) is 3.36. The van der Waals surface area contributed by atoms with Gasteiger partial charge in [0.05, 0.1) is 0 Å². The van der Waals surface area contributed by atoms with Crippen molar-refractivity contribution in [2.75, 3.05) is 13.1 Å². The number of fused-ring (bicyclic) bond motifs is 1. The van der Waals surface area contributed by atoms with Gasteiger partial charge in [-0.3, -0.25) is 4.90 Å². The van der Waals surface area contributed by atoms with Gasteiger partial charge in [-0.05, 0) is 42.5 Å². The van der Waals surface area contributed by atoms with Crippen molar-refractivity contribution in [1.82, 2.24) is 4.90 Å². The first kappa shape index (κ1) is 14.3. The Hall–Kier alpha value is -1.64. The molecule has 2 aromatic carbocycles. The van der Waals surface area contributed by atoms with Crippen molar-refractivity contribution in [3.63, 3.8) is 0 Å². The molecule has 0 fully saturated rings. The van der Waals surface area contributed by atoms with E-state index in [0.717, 1.165) is 26.1 Å². The Morgan fingerprint density at radius 2 is 1.86 bits per heavy atom. The van der Waals surface area contributed by atoms with Crippen molar-refractivity contribution in [2.45, 2.75) is 32.9 Å². The van der Waals surface area contributed by atoms with Crippen LogP contribution in [0.2, 0.25) is 0 Å². The molecule has 1 atom stereocenters. The fourth-order valence-electron chi connectivity index (χ4n) is 3.25. The van der Waals surface area contributed by atoms with Gasteiger partial charge in [-0.15, -0.1) is 0 Å². The van der Waals surface area contributed by atoms with Crippen LogP contribution in [-0.2, 0) is 13.0 Å². The Morgan fingerprint density at radius 3 is 2.67 bits per heavy atom. The third-order valence-corrected chi connectivity index (χ3v) is 4.50. The molecule has 0 amide bonds. The van der Waals surface area contributed by atoms with Gasteiger partial charge in [0, 0.05) is 25.7 Å².